The lowest BCUT2D eigenvalue weighted by molar-refractivity contribution is -0.136. The Labute approximate surface area is 58.7 Å². The van der Waals surface area contributed by atoms with Gasteiger partial charge in [-0.15, -0.1) is 0 Å². The minimum absolute atomic E-state index is 0.420. The van der Waals surface area contributed by atoms with E-state index < -0.39 is 28.3 Å². The standard InChI is InChI=1S/C4H8O5S/c1-9-10(7,8)3-2-4(5)6/h2-3H2,1H3,(H,5,6). The second-order valence-corrected chi connectivity index (χ2v) is 3.43. The van der Waals surface area contributed by atoms with Crippen molar-refractivity contribution in [2.75, 3.05) is 12.9 Å². The molecule has 0 heterocycles. The zero-order valence-corrected chi connectivity index (χ0v) is 6.22. The van der Waals surface area contributed by atoms with Crippen LogP contribution in [-0.4, -0.2) is 32.4 Å². The maximum atomic E-state index is 10.4. The van der Waals surface area contributed by atoms with Crippen LogP contribution < -0.4 is 0 Å². The van der Waals surface area contributed by atoms with Crippen LogP contribution in [0.15, 0.2) is 0 Å². The fourth-order valence-corrected chi connectivity index (χ4v) is 0.887. The van der Waals surface area contributed by atoms with Gasteiger partial charge in [0.15, 0.2) is 0 Å². The van der Waals surface area contributed by atoms with Crippen LogP contribution in [0.1, 0.15) is 6.42 Å². The van der Waals surface area contributed by atoms with Crippen molar-refractivity contribution >= 4 is 16.1 Å². The molecular weight excluding hydrogens is 160 g/mol. The van der Waals surface area contributed by atoms with E-state index in [1.165, 1.54) is 0 Å². The van der Waals surface area contributed by atoms with Crippen LogP contribution in [0.2, 0.25) is 0 Å². The van der Waals surface area contributed by atoms with Gasteiger partial charge in [-0.25, -0.2) is 0 Å². The highest BCUT2D eigenvalue weighted by Gasteiger charge is 2.10. The minimum Gasteiger partial charge on any atom is -0.481 e. The molecule has 0 amide bonds. The lowest BCUT2D eigenvalue weighted by Crippen LogP contribution is -2.11. The topological polar surface area (TPSA) is 80.7 Å². The van der Waals surface area contributed by atoms with Crippen molar-refractivity contribution in [1.82, 2.24) is 0 Å². The van der Waals surface area contributed by atoms with Crippen LogP contribution in [-0.2, 0) is 19.1 Å². The molecule has 0 bridgehead atoms. The average molecular weight is 168 g/mol. The van der Waals surface area contributed by atoms with E-state index in [0.717, 1.165) is 7.11 Å². The van der Waals surface area contributed by atoms with E-state index in [9.17, 15) is 13.2 Å². The van der Waals surface area contributed by atoms with Crippen molar-refractivity contribution in [1.29, 1.82) is 0 Å². The summed E-state index contributed by atoms with van der Waals surface area (Å²) in [5, 5.41) is 8.05. The molecule has 0 aliphatic carbocycles. The van der Waals surface area contributed by atoms with E-state index >= 15 is 0 Å². The number of hydrogen-bond acceptors (Lipinski definition) is 4. The predicted octanol–water partition coefficient (Wildman–Crippen LogP) is -0.563. The Kier molecular flexibility index (Phi) is 3.31. The second kappa shape index (κ2) is 3.52. The number of carboxylic acids is 1. The fourth-order valence-electron chi connectivity index (χ4n) is 0.296. The Morgan fingerprint density at radius 1 is 1.60 bits per heavy atom. The van der Waals surface area contributed by atoms with Gasteiger partial charge in [0.25, 0.3) is 10.1 Å². The van der Waals surface area contributed by atoms with Crippen molar-refractivity contribution < 1.29 is 22.5 Å². The highest BCUT2D eigenvalue weighted by atomic mass is 32.2. The molecule has 0 aromatic carbocycles. The fraction of sp³-hybridized carbons (Fsp3) is 0.750. The molecule has 0 radical (unpaired) electrons. The van der Waals surface area contributed by atoms with Gasteiger partial charge in [-0.1, -0.05) is 0 Å². The van der Waals surface area contributed by atoms with Crippen molar-refractivity contribution in [3.8, 4) is 0 Å². The van der Waals surface area contributed by atoms with E-state index in [1.807, 2.05) is 0 Å². The van der Waals surface area contributed by atoms with Crippen molar-refractivity contribution in [2.45, 2.75) is 6.42 Å². The van der Waals surface area contributed by atoms with E-state index in [1.54, 1.807) is 0 Å². The monoisotopic (exact) mass is 168 g/mol. The summed E-state index contributed by atoms with van der Waals surface area (Å²) in [6.45, 7) is 0. The summed E-state index contributed by atoms with van der Waals surface area (Å²) < 4.78 is 24.8. The van der Waals surface area contributed by atoms with Crippen LogP contribution in [0, 0.1) is 0 Å². The Bertz CT molecular complexity index is 204. The third-order valence-electron chi connectivity index (χ3n) is 0.820. The van der Waals surface area contributed by atoms with Crippen LogP contribution in [0.25, 0.3) is 0 Å². The molecule has 0 spiro atoms. The number of carbonyl (C=O) groups is 1. The van der Waals surface area contributed by atoms with Crippen molar-refractivity contribution in [2.24, 2.45) is 0 Å². The molecule has 1 N–H and O–H groups in total. The number of hydrogen-bond donors (Lipinski definition) is 1. The van der Waals surface area contributed by atoms with E-state index in [2.05, 4.69) is 4.18 Å². The molecule has 0 aliphatic rings. The summed E-state index contributed by atoms with van der Waals surface area (Å²) in [5.74, 6) is -1.63. The summed E-state index contributed by atoms with van der Waals surface area (Å²) in [4.78, 5) is 9.84. The maximum absolute atomic E-state index is 10.4. The largest absolute Gasteiger partial charge is 0.481 e. The lowest BCUT2D eigenvalue weighted by Gasteiger charge is -1.95. The van der Waals surface area contributed by atoms with Crippen molar-refractivity contribution in [3.63, 3.8) is 0 Å². The van der Waals surface area contributed by atoms with E-state index in [0.29, 0.717) is 0 Å². The second-order valence-electron chi connectivity index (χ2n) is 1.57. The number of aliphatic carboxylic acids is 1. The molecule has 0 rings (SSSR count). The molecule has 0 aromatic rings. The van der Waals surface area contributed by atoms with Crippen LogP contribution in [0.5, 0.6) is 0 Å². The van der Waals surface area contributed by atoms with Gasteiger partial charge >= 0.3 is 5.97 Å². The third-order valence-corrected chi connectivity index (χ3v) is 2.03. The normalized spacial score (nSPS) is 11.3. The molecule has 0 aliphatic heterocycles. The summed E-state index contributed by atoms with van der Waals surface area (Å²) in [7, 11) is -2.60. The van der Waals surface area contributed by atoms with Gasteiger partial charge in [0.05, 0.1) is 19.3 Å². The van der Waals surface area contributed by atoms with E-state index in [-0.39, 0.29) is 0 Å². The molecule has 0 saturated carbocycles. The lowest BCUT2D eigenvalue weighted by atomic mass is 10.5. The third kappa shape index (κ3) is 4.28. The summed E-state index contributed by atoms with van der Waals surface area (Å²) >= 11 is 0. The Balaban J connectivity index is 3.81. The zero-order chi connectivity index (χ0) is 8.20. The first-order chi connectivity index (χ1) is 4.48. The minimum atomic E-state index is -3.60. The average Bonchev–Trinajstić information content (AvgIpc) is 1.85. The zero-order valence-electron chi connectivity index (χ0n) is 5.40. The van der Waals surface area contributed by atoms with Crippen LogP contribution in [0.4, 0.5) is 0 Å². The summed E-state index contributed by atoms with van der Waals surface area (Å²) in [6.07, 6.45) is -0.420. The number of rotatable bonds is 4. The smallest absolute Gasteiger partial charge is 0.304 e. The first kappa shape index (κ1) is 9.38. The molecule has 60 valence electrons. The van der Waals surface area contributed by atoms with Crippen molar-refractivity contribution in [3.05, 3.63) is 0 Å². The molecule has 0 fully saturated rings. The van der Waals surface area contributed by atoms with Gasteiger partial charge in [0.2, 0.25) is 0 Å². The molecule has 0 unspecified atom stereocenters. The molecule has 0 atom stereocenters. The Morgan fingerprint density at radius 2 is 2.10 bits per heavy atom. The first-order valence-corrected chi connectivity index (χ1v) is 4.06. The van der Waals surface area contributed by atoms with Crippen LogP contribution >= 0.6 is 0 Å². The van der Waals surface area contributed by atoms with Gasteiger partial charge in [0, 0.05) is 0 Å². The molecule has 5 nitrogen and oxygen atoms in total. The molecule has 0 aromatic heterocycles. The van der Waals surface area contributed by atoms with Gasteiger partial charge in [-0.05, 0) is 0 Å². The molecule has 10 heavy (non-hydrogen) atoms. The SMILES string of the molecule is COS(=O)(=O)CCC(=O)O. The quantitative estimate of drug-likeness (QED) is 0.569. The molecule has 6 heteroatoms. The van der Waals surface area contributed by atoms with Gasteiger partial charge in [0.1, 0.15) is 0 Å². The Hall–Kier alpha value is -0.620. The van der Waals surface area contributed by atoms with Gasteiger partial charge in [-0.2, -0.15) is 8.42 Å². The highest BCUT2D eigenvalue weighted by molar-refractivity contribution is 7.86. The highest BCUT2D eigenvalue weighted by Crippen LogP contribution is 1.92. The molecule has 0 saturated heterocycles. The summed E-state index contributed by atoms with van der Waals surface area (Å²) in [6, 6.07) is 0. The maximum Gasteiger partial charge on any atom is 0.304 e. The molecular formula is C4H8O5S. The number of carboxylic acid groups (broad SMARTS) is 1. The van der Waals surface area contributed by atoms with Gasteiger partial charge in [-0.3, -0.25) is 8.98 Å². The van der Waals surface area contributed by atoms with E-state index in [4.69, 9.17) is 5.11 Å². The first-order valence-electron chi connectivity index (χ1n) is 2.48. The predicted molar refractivity (Wildman–Crippen MR) is 33.0 cm³/mol. The summed E-state index contributed by atoms with van der Waals surface area (Å²) in [5.41, 5.74) is 0. The Morgan fingerprint density at radius 3 is 2.40 bits per heavy atom. The van der Waals surface area contributed by atoms with Gasteiger partial charge < -0.3 is 5.11 Å². The van der Waals surface area contributed by atoms with Crippen LogP contribution in [0.3, 0.4) is 0 Å².